The predicted molar refractivity (Wildman–Crippen MR) is 104 cm³/mol. The summed E-state index contributed by atoms with van der Waals surface area (Å²) in [6.07, 6.45) is 0.934. The summed E-state index contributed by atoms with van der Waals surface area (Å²) in [5, 5.41) is 4.90. The number of nitrogens with zero attached hydrogens (tertiary/aromatic N) is 1. The number of nitrogens with one attached hydrogen (secondary N) is 1. The first kappa shape index (κ1) is 19.5. The van der Waals surface area contributed by atoms with E-state index in [9.17, 15) is 8.42 Å². The maximum Gasteiger partial charge on any atom is 0.276 e. The van der Waals surface area contributed by atoms with E-state index in [2.05, 4.69) is 25.9 Å². The number of aryl methyl sites for hydroxylation is 1. The standard InChI is InChI=1S/C18H21BrN2O3S/c1-14-4-10-18(11-5-14)25(22,23)21-20-15(2)16-6-8-17(9-7-16)24-13-3-12-19/h4-11,21H,3,12-13H2,1-2H3/b20-15-. The van der Waals surface area contributed by atoms with Crippen molar-refractivity contribution < 1.29 is 13.2 Å². The number of hydrogen-bond acceptors (Lipinski definition) is 4. The van der Waals surface area contributed by atoms with E-state index in [1.807, 2.05) is 31.2 Å². The van der Waals surface area contributed by atoms with E-state index in [4.69, 9.17) is 4.74 Å². The number of rotatable bonds is 8. The Labute approximate surface area is 157 Å². The Kier molecular flexibility index (Phi) is 7.01. The molecule has 0 aromatic heterocycles. The minimum absolute atomic E-state index is 0.185. The molecule has 0 bridgehead atoms. The highest BCUT2D eigenvalue weighted by molar-refractivity contribution is 9.09. The third kappa shape index (κ3) is 5.86. The molecule has 0 unspecified atom stereocenters. The largest absolute Gasteiger partial charge is 0.494 e. The zero-order chi connectivity index (χ0) is 18.3. The lowest BCUT2D eigenvalue weighted by Gasteiger charge is -2.07. The molecular formula is C18H21BrN2O3S. The van der Waals surface area contributed by atoms with Crippen molar-refractivity contribution in [3.05, 3.63) is 59.7 Å². The molecule has 0 radical (unpaired) electrons. The molecule has 0 amide bonds. The lowest BCUT2D eigenvalue weighted by Crippen LogP contribution is -2.19. The molecule has 25 heavy (non-hydrogen) atoms. The summed E-state index contributed by atoms with van der Waals surface area (Å²) in [5.74, 6) is 0.776. The van der Waals surface area contributed by atoms with Gasteiger partial charge in [0.1, 0.15) is 5.75 Å². The summed E-state index contributed by atoms with van der Waals surface area (Å²) in [5.41, 5.74) is 2.39. The molecule has 0 spiro atoms. The van der Waals surface area contributed by atoms with Crippen LogP contribution in [0.3, 0.4) is 0 Å². The SMILES string of the molecule is C/C(=N/NS(=O)(=O)c1ccc(C)cc1)c1ccc(OCCCBr)cc1. The molecule has 0 saturated heterocycles. The molecule has 0 aliphatic heterocycles. The summed E-state index contributed by atoms with van der Waals surface area (Å²) in [7, 11) is -3.67. The molecule has 0 heterocycles. The summed E-state index contributed by atoms with van der Waals surface area (Å²) >= 11 is 3.36. The number of hydrogen-bond donors (Lipinski definition) is 1. The summed E-state index contributed by atoms with van der Waals surface area (Å²) in [6, 6.07) is 14.0. The van der Waals surface area contributed by atoms with Gasteiger partial charge in [-0.3, -0.25) is 0 Å². The van der Waals surface area contributed by atoms with Crippen molar-refractivity contribution in [2.24, 2.45) is 5.10 Å². The first-order chi connectivity index (χ1) is 11.9. The Bertz CT molecular complexity index is 816. The van der Waals surface area contributed by atoms with E-state index < -0.39 is 10.0 Å². The highest BCUT2D eigenvalue weighted by atomic mass is 79.9. The molecule has 0 saturated carbocycles. The first-order valence-corrected chi connectivity index (χ1v) is 10.4. The van der Waals surface area contributed by atoms with Crippen molar-refractivity contribution in [1.29, 1.82) is 0 Å². The number of sulfonamides is 1. The van der Waals surface area contributed by atoms with Crippen LogP contribution in [-0.4, -0.2) is 26.1 Å². The summed E-state index contributed by atoms with van der Waals surface area (Å²) < 4.78 is 30.1. The number of hydrazone groups is 1. The maximum atomic E-state index is 12.2. The predicted octanol–water partition coefficient (Wildman–Crippen LogP) is 3.86. The van der Waals surface area contributed by atoms with Gasteiger partial charge in [-0.05, 0) is 62.2 Å². The Balaban J connectivity index is 2.04. The molecule has 2 rings (SSSR count). The van der Waals surface area contributed by atoms with Crippen LogP contribution in [0, 0.1) is 6.92 Å². The molecule has 0 aliphatic rings. The number of halogens is 1. The molecule has 134 valence electrons. The fourth-order valence-electron chi connectivity index (χ4n) is 2.00. The van der Waals surface area contributed by atoms with E-state index >= 15 is 0 Å². The molecule has 0 atom stereocenters. The van der Waals surface area contributed by atoms with E-state index in [0.717, 1.165) is 28.6 Å². The third-order valence-corrected chi connectivity index (χ3v) is 5.27. The minimum Gasteiger partial charge on any atom is -0.494 e. The van der Waals surface area contributed by atoms with Gasteiger partial charge in [-0.2, -0.15) is 18.4 Å². The second-order valence-electron chi connectivity index (χ2n) is 5.52. The smallest absolute Gasteiger partial charge is 0.276 e. The van der Waals surface area contributed by atoms with E-state index in [-0.39, 0.29) is 4.90 Å². The second-order valence-corrected chi connectivity index (χ2v) is 7.97. The molecule has 2 aromatic carbocycles. The van der Waals surface area contributed by atoms with Crippen LogP contribution >= 0.6 is 15.9 Å². The van der Waals surface area contributed by atoms with Gasteiger partial charge in [0.15, 0.2) is 0 Å². The van der Waals surface area contributed by atoms with E-state index in [1.54, 1.807) is 31.2 Å². The van der Waals surface area contributed by atoms with Crippen molar-refractivity contribution >= 4 is 31.7 Å². The van der Waals surface area contributed by atoms with Crippen LogP contribution in [0.2, 0.25) is 0 Å². The van der Waals surface area contributed by atoms with Crippen molar-refractivity contribution in [1.82, 2.24) is 4.83 Å². The first-order valence-electron chi connectivity index (χ1n) is 7.84. The molecule has 1 N–H and O–H groups in total. The van der Waals surface area contributed by atoms with Crippen molar-refractivity contribution in [3.8, 4) is 5.75 Å². The van der Waals surface area contributed by atoms with Crippen LogP contribution in [0.15, 0.2) is 58.5 Å². The Morgan fingerprint density at radius 3 is 2.36 bits per heavy atom. The van der Waals surface area contributed by atoms with Crippen molar-refractivity contribution in [2.45, 2.75) is 25.2 Å². The van der Waals surface area contributed by atoms with Gasteiger partial charge in [-0.25, -0.2) is 0 Å². The van der Waals surface area contributed by atoms with Gasteiger partial charge in [0, 0.05) is 5.33 Å². The number of ether oxygens (including phenoxy) is 1. The van der Waals surface area contributed by atoms with Crippen LogP contribution in [0.1, 0.15) is 24.5 Å². The third-order valence-electron chi connectivity index (χ3n) is 3.48. The minimum atomic E-state index is -3.67. The Morgan fingerprint density at radius 2 is 1.76 bits per heavy atom. The van der Waals surface area contributed by atoms with Crippen LogP contribution in [-0.2, 0) is 10.0 Å². The van der Waals surface area contributed by atoms with Gasteiger partial charge >= 0.3 is 0 Å². The fraction of sp³-hybridized carbons (Fsp3) is 0.278. The normalized spacial score (nSPS) is 12.0. The lowest BCUT2D eigenvalue weighted by molar-refractivity contribution is 0.319. The topological polar surface area (TPSA) is 67.8 Å². The fourth-order valence-corrected chi connectivity index (χ4v) is 3.09. The molecule has 2 aromatic rings. The van der Waals surface area contributed by atoms with Crippen LogP contribution in [0.4, 0.5) is 0 Å². The van der Waals surface area contributed by atoms with Crippen LogP contribution in [0.25, 0.3) is 0 Å². The van der Waals surface area contributed by atoms with Gasteiger partial charge in [-0.1, -0.05) is 33.6 Å². The van der Waals surface area contributed by atoms with E-state index in [0.29, 0.717) is 12.3 Å². The number of alkyl halides is 1. The highest BCUT2D eigenvalue weighted by Crippen LogP contribution is 2.14. The van der Waals surface area contributed by atoms with Gasteiger partial charge in [-0.15, -0.1) is 0 Å². The van der Waals surface area contributed by atoms with Gasteiger partial charge in [0.05, 0.1) is 17.2 Å². The van der Waals surface area contributed by atoms with E-state index in [1.165, 1.54) is 0 Å². The van der Waals surface area contributed by atoms with Gasteiger partial charge < -0.3 is 4.74 Å². The average Bonchev–Trinajstić information content (AvgIpc) is 2.61. The molecular weight excluding hydrogens is 404 g/mol. The quantitative estimate of drug-likeness (QED) is 0.302. The van der Waals surface area contributed by atoms with Crippen molar-refractivity contribution in [2.75, 3.05) is 11.9 Å². The monoisotopic (exact) mass is 424 g/mol. The lowest BCUT2D eigenvalue weighted by atomic mass is 10.1. The number of benzene rings is 2. The second kappa shape index (κ2) is 9.01. The van der Waals surface area contributed by atoms with Gasteiger partial charge in [0.2, 0.25) is 0 Å². The average molecular weight is 425 g/mol. The molecule has 0 aliphatic carbocycles. The Morgan fingerprint density at radius 1 is 1.12 bits per heavy atom. The van der Waals surface area contributed by atoms with Crippen molar-refractivity contribution in [3.63, 3.8) is 0 Å². The molecule has 7 heteroatoms. The zero-order valence-electron chi connectivity index (χ0n) is 14.2. The zero-order valence-corrected chi connectivity index (χ0v) is 16.6. The van der Waals surface area contributed by atoms with Gasteiger partial charge in [0.25, 0.3) is 10.0 Å². The van der Waals surface area contributed by atoms with Crippen LogP contribution in [0.5, 0.6) is 5.75 Å². The molecule has 0 fully saturated rings. The molecule has 5 nitrogen and oxygen atoms in total. The summed E-state index contributed by atoms with van der Waals surface area (Å²) in [6.45, 7) is 4.30. The van der Waals surface area contributed by atoms with Crippen LogP contribution < -0.4 is 9.57 Å². The highest BCUT2D eigenvalue weighted by Gasteiger charge is 2.12. The summed E-state index contributed by atoms with van der Waals surface area (Å²) in [4.78, 5) is 2.46. The Hall–Kier alpha value is -1.86. The maximum absolute atomic E-state index is 12.2.